The maximum absolute atomic E-state index is 13.1. The van der Waals surface area contributed by atoms with Gasteiger partial charge < -0.3 is 25.4 Å². The lowest BCUT2D eigenvalue weighted by atomic mass is 10.1. The summed E-state index contributed by atoms with van der Waals surface area (Å²) in [5.74, 6) is 1.69. The van der Waals surface area contributed by atoms with E-state index in [-0.39, 0.29) is 17.5 Å². The number of benzene rings is 1. The molecule has 1 saturated carbocycles. The Morgan fingerprint density at radius 1 is 1.22 bits per heavy atom. The highest BCUT2D eigenvalue weighted by Gasteiger charge is 2.39. The van der Waals surface area contributed by atoms with E-state index in [0.717, 1.165) is 67.4 Å². The molecule has 190 valence electrons. The third kappa shape index (κ3) is 4.15. The molecule has 0 spiro atoms. The fourth-order valence-corrected chi connectivity index (χ4v) is 5.70. The number of amidine groups is 1. The third-order valence-corrected chi connectivity index (χ3v) is 8.00. The summed E-state index contributed by atoms with van der Waals surface area (Å²) in [6, 6.07) is 7.97. The first-order valence-electron chi connectivity index (χ1n) is 13.2. The molecule has 9 nitrogen and oxygen atoms in total. The van der Waals surface area contributed by atoms with E-state index in [9.17, 15) is 9.59 Å². The number of aliphatic imine (C=N–C) groups is 1. The van der Waals surface area contributed by atoms with Crippen LogP contribution in [0.5, 0.6) is 0 Å². The summed E-state index contributed by atoms with van der Waals surface area (Å²) in [5.41, 5.74) is 5.15. The van der Waals surface area contributed by atoms with Gasteiger partial charge in [0.15, 0.2) is 17.8 Å². The smallest absolute Gasteiger partial charge is 0.326 e. The first-order chi connectivity index (χ1) is 17.5. The Labute approximate surface area is 210 Å². The second-order valence-electron chi connectivity index (χ2n) is 10.5. The molecule has 2 atom stereocenters. The normalized spacial score (nSPS) is 24.1. The lowest BCUT2D eigenvalue weighted by Crippen LogP contribution is -2.45. The first kappa shape index (κ1) is 23.1. The minimum absolute atomic E-state index is 0.0546. The Morgan fingerprint density at radius 2 is 2.06 bits per heavy atom. The average molecular weight is 490 g/mol. The summed E-state index contributed by atoms with van der Waals surface area (Å²) in [7, 11) is 1.95. The maximum Gasteiger partial charge on any atom is 0.326 e. The van der Waals surface area contributed by atoms with E-state index in [1.165, 1.54) is 24.1 Å². The molecule has 1 aromatic heterocycles. The molecule has 2 saturated heterocycles. The standard InChI is InChI=1S/C27H35N7O2/c1-3-17-12-22(33-11-10-19(16-33)34-21-7-5-4-6-20(21)30-27(34)36)24-26(29-14-17)32(2)25(31-24)23(35)15-28-13-18-8-9-18/h4-7,14,18-19,25,28,31H,3,8-13,15-16H2,1-2H3,(H,30,36). The Balaban J connectivity index is 1.27. The number of carbonyl (C=O) groups excluding carboxylic acids is 1. The van der Waals surface area contributed by atoms with Crippen LogP contribution in [0.1, 0.15) is 45.1 Å². The number of likely N-dealkylation sites (tertiary alicyclic amines) is 1. The van der Waals surface area contributed by atoms with Crippen molar-refractivity contribution in [1.29, 1.82) is 0 Å². The van der Waals surface area contributed by atoms with E-state index in [0.29, 0.717) is 6.54 Å². The Kier molecular flexibility index (Phi) is 5.95. The number of rotatable bonds is 8. The third-order valence-electron chi connectivity index (χ3n) is 8.00. The summed E-state index contributed by atoms with van der Waals surface area (Å²) in [4.78, 5) is 38.1. The second kappa shape index (κ2) is 9.28. The van der Waals surface area contributed by atoms with Crippen LogP contribution in [0.3, 0.4) is 0 Å². The molecule has 6 rings (SSSR count). The highest BCUT2D eigenvalue weighted by Crippen LogP contribution is 2.34. The Hall–Kier alpha value is -3.33. The van der Waals surface area contributed by atoms with Gasteiger partial charge in [0.2, 0.25) is 0 Å². The van der Waals surface area contributed by atoms with Gasteiger partial charge in [-0.1, -0.05) is 19.1 Å². The van der Waals surface area contributed by atoms with Gasteiger partial charge in [0.1, 0.15) is 0 Å². The molecular weight excluding hydrogens is 454 g/mol. The number of ketones is 1. The molecule has 4 aliphatic rings. The summed E-state index contributed by atoms with van der Waals surface area (Å²) in [6.07, 6.45) is 6.68. The Morgan fingerprint density at radius 3 is 2.86 bits per heavy atom. The van der Waals surface area contributed by atoms with Crippen LogP contribution in [-0.2, 0) is 4.79 Å². The van der Waals surface area contributed by atoms with Crippen molar-refractivity contribution in [2.75, 3.05) is 33.2 Å². The van der Waals surface area contributed by atoms with E-state index in [1.807, 2.05) is 47.0 Å². The van der Waals surface area contributed by atoms with Gasteiger partial charge in [0.05, 0.1) is 29.3 Å². The number of nitrogens with one attached hydrogen (secondary N) is 3. The molecule has 0 radical (unpaired) electrons. The number of imidazole rings is 1. The van der Waals surface area contributed by atoms with Gasteiger partial charge in [-0.15, -0.1) is 0 Å². The maximum atomic E-state index is 13.1. The van der Waals surface area contributed by atoms with E-state index in [2.05, 4.69) is 27.4 Å². The zero-order valence-electron chi connectivity index (χ0n) is 21.1. The highest BCUT2D eigenvalue weighted by atomic mass is 16.1. The first-order valence-corrected chi connectivity index (χ1v) is 13.2. The van der Waals surface area contributed by atoms with Crippen molar-refractivity contribution in [2.24, 2.45) is 10.9 Å². The van der Waals surface area contributed by atoms with Gasteiger partial charge in [-0.25, -0.2) is 9.79 Å². The van der Waals surface area contributed by atoms with Crippen LogP contribution in [0.15, 0.2) is 57.2 Å². The number of para-hydroxylation sites is 2. The van der Waals surface area contributed by atoms with Crippen LogP contribution in [0.4, 0.5) is 0 Å². The number of nitrogens with zero attached hydrogens (tertiary/aromatic N) is 4. The molecule has 9 heteroatoms. The number of likely N-dealkylation sites (N-methyl/N-ethyl adjacent to an activating group) is 1. The number of allylic oxidation sites excluding steroid dienone is 1. The van der Waals surface area contributed by atoms with Crippen LogP contribution in [-0.4, -0.2) is 70.4 Å². The van der Waals surface area contributed by atoms with Crippen LogP contribution >= 0.6 is 0 Å². The minimum Gasteiger partial charge on any atom is -0.371 e. The number of aromatic nitrogens is 2. The van der Waals surface area contributed by atoms with Gasteiger partial charge in [0, 0.05) is 38.5 Å². The topological polar surface area (TPSA) is 97.8 Å². The molecule has 3 fully saturated rings. The fourth-order valence-electron chi connectivity index (χ4n) is 5.70. The molecule has 2 aromatic rings. The highest BCUT2D eigenvalue weighted by molar-refractivity contribution is 6.05. The fraction of sp³-hybridized carbons (Fsp3) is 0.519. The van der Waals surface area contributed by atoms with Gasteiger partial charge in [-0.05, 0) is 55.9 Å². The molecule has 1 aromatic carbocycles. The zero-order valence-corrected chi connectivity index (χ0v) is 21.1. The van der Waals surface area contributed by atoms with Crippen molar-refractivity contribution < 1.29 is 4.79 Å². The van der Waals surface area contributed by atoms with Crippen molar-refractivity contribution in [1.82, 2.24) is 30.0 Å². The van der Waals surface area contributed by atoms with Gasteiger partial charge in [-0.2, -0.15) is 0 Å². The van der Waals surface area contributed by atoms with E-state index in [4.69, 9.17) is 4.99 Å². The molecule has 0 bridgehead atoms. The summed E-state index contributed by atoms with van der Waals surface area (Å²) in [5, 5.41) is 6.87. The SMILES string of the molecule is CCC1=CN=C2C(=C(N3CCC(n4c(=O)[nH]c5ccccc54)C3)C1)NC(C(=O)CNCC1CC1)N2C. The summed E-state index contributed by atoms with van der Waals surface area (Å²) >= 11 is 0. The number of Topliss-reactive ketones (excluding diaryl/α,β-unsaturated/α-hetero) is 1. The summed E-state index contributed by atoms with van der Waals surface area (Å²) in [6.45, 7) is 5.04. The number of carbonyl (C=O) groups is 1. The predicted octanol–water partition coefficient (Wildman–Crippen LogP) is 2.31. The monoisotopic (exact) mass is 489 g/mol. The van der Waals surface area contributed by atoms with Crippen LogP contribution in [0.25, 0.3) is 11.0 Å². The van der Waals surface area contributed by atoms with Crippen molar-refractivity contribution in [3.8, 4) is 0 Å². The number of H-pyrrole nitrogens is 1. The van der Waals surface area contributed by atoms with Crippen molar-refractivity contribution in [2.45, 2.75) is 51.2 Å². The lowest BCUT2D eigenvalue weighted by Gasteiger charge is -2.25. The molecule has 36 heavy (non-hydrogen) atoms. The number of aromatic amines is 1. The molecule has 3 aliphatic heterocycles. The van der Waals surface area contributed by atoms with Gasteiger partial charge in [-0.3, -0.25) is 9.36 Å². The van der Waals surface area contributed by atoms with Crippen LogP contribution in [0, 0.1) is 5.92 Å². The predicted molar refractivity (Wildman–Crippen MR) is 141 cm³/mol. The van der Waals surface area contributed by atoms with Gasteiger partial charge >= 0.3 is 5.69 Å². The van der Waals surface area contributed by atoms with Gasteiger partial charge in [0.25, 0.3) is 0 Å². The molecule has 0 amide bonds. The molecule has 2 unspecified atom stereocenters. The zero-order chi connectivity index (χ0) is 24.8. The molecule has 1 aliphatic carbocycles. The largest absolute Gasteiger partial charge is 0.371 e. The average Bonchev–Trinajstić information content (AvgIpc) is 3.39. The van der Waals surface area contributed by atoms with E-state index in [1.54, 1.807) is 0 Å². The second-order valence-corrected chi connectivity index (χ2v) is 10.5. The van der Waals surface area contributed by atoms with E-state index < -0.39 is 6.17 Å². The molecule has 3 N–H and O–H groups in total. The van der Waals surface area contributed by atoms with Crippen molar-refractivity contribution in [3.05, 3.63) is 57.9 Å². The van der Waals surface area contributed by atoms with Crippen LogP contribution in [0.2, 0.25) is 0 Å². The Bertz CT molecular complexity index is 1330. The van der Waals surface area contributed by atoms with E-state index >= 15 is 0 Å². The minimum atomic E-state index is -0.424. The number of fused-ring (bicyclic) bond motifs is 2. The molecular formula is C27H35N7O2. The lowest BCUT2D eigenvalue weighted by molar-refractivity contribution is -0.122. The summed E-state index contributed by atoms with van der Waals surface area (Å²) < 4.78 is 1.91. The molecule has 4 heterocycles. The van der Waals surface area contributed by atoms with Crippen molar-refractivity contribution in [3.63, 3.8) is 0 Å². The van der Waals surface area contributed by atoms with Crippen molar-refractivity contribution >= 4 is 22.7 Å². The quantitative estimate of drug-likeness (QED) is 0.527. The number of hydrogen-bond acceptors (Lipinski definition) is 7. The van der Waals surface area contributed by atoms with Crippen LogP contribution < -0.4 is 16.3 Å². The number of hydrogen-bond donors (Lipinski definition) is 3.